The summed E-state index contributed by atoms with van der Waals surface area (Å²) in [5.41, 5.74) is 1.37. The largest absolute Gasteiger partial charge is 0.465 e. The number of esters is 1. The van der Waals surface area contributed by atoms with Crippen LogP contribution in [0.25, 0.3) is 0 Å². The van der Waals surface area contributed by atoms with Crippen LogP contribution in [0.15, 0.2) is 18.2 Å². The highest BCUT2D eigenvalue weighted by molar-refractivity contribution is 6.33. The van der Waals surface area contributed by atoms with Gasteiger partial charge in [-0.2, -0.15) is 0 Å². The molecule has 0 saturated heterocycles. The van der Waals surface area contributed by atoms with Crippen molar-refractivity contribution in [2.75, 3.05) is 12.4 Å². The quantitative estimate of drug-likeness (QED) is 0.825. The van der Waals surface area contributed by atoms with Crippen molar-refractivity contribution in [1.82, 2.24) is 0 Å². The molecule has 0 unspecified atom stereocenters. The van der Waals surface area contributed by atoms with Crippen molar-refractivity contribution in [3.8, 4) is 0 Å². The Morgan fingerprint density at radius 2 is 1.85 bits per heavy atom. The molecule has 1 aliphatic rings. The molecule has 1 aromatic carbocycles. The molecule has 1 saturated carbocycles. The Labute approximate surface area is 125 Å². The molecule has 0 radical (unpaired) electrons. The summed E-state index contributed by atoms with van der Waals surface area (Å²) in [5.74, 6) is -0.392. The predicted octanol–water partition coefficient (Wildman–Crippen LogP) is 4.65. The van der Waals surface area contributed by atoms with Crippen LogP contribution >= 0.6 is 11.6 Å². The average Bonchev–Trinajstić information content (AvgIpc) is 2.42. The first-order chi connectivity index (χ1) is 9.70. The van der Waals surface area contributed by atoms with Crippen LogP contribution in [-0.4, -0.2) is 19.1 Å². The van der Waals surface area contributed by atoms with E-state index >= 15 is 0 Å². The first kappa shape index (κ1) is 15.2. The maximum atomic E-state index is 11.6. The van der Waals surface area contributed by atoms with Gasteiger partial charge in [-0.25, -0.2) is 4.79 Å². The summed E-state index contributed by atoms with van der Waals surface area (Å²) >= 11 is 6.03. The van der Waals surface area contributed by atoms with Crippen LogP contribution in [0.4, 0.5) is 5.69 Å². The number of carbonyl (C=O) groups is 1. The Bertz CT molecular complexity index is 454. The lowest BCUT2D eigenvalue weighted by Gasteiger charge is -2.22. The molecule has 0 amide bonds. The Morgan fingerprint density at radius 3 is 2.50 bits per heavy atom. The van der Waals surface area contributed by atoms with E-state index in [-0.39, 0.29) is 0 Å². The zero-order chi connectivity index (χ0) is 14.4. The van der Waals surface area contributed by atoms with E-state index in [0.717, 1.165) is 5.69 Å². The summed E-state index contributed by atoms with van der Waals surface area (Å²) in [6, 6.07) is 5.95. The highest BCUT2D eigenvalue weighted by Crippen LogP contribution is 2.24. The molecule has 1 aliphatic carbocycles. The minimum absolute atomic E-state index is 0.392. The third-order valence-corrected chi connectivity index (χ3v) is 4.18. The Morgan fingerprint density at radius 1 is 1.20 bits per heavy atom. The van der Waals surface area contributed by atoms with Crippen molar-refractivity contribution in [2.45, 2.75) is 51.0 Å². The fourth-order valence-electron chi connectivity index (χ4n) is 2.72. The molecule has 1 aromatic rings. The van der Waals surface area contributed by atoms with Gasteiger partial charge in [-0.15, -0.1) is 0 Å². The van der Waals surface area contributed by atoms with Gasteiger partial charge in [0.2, 0.25) is 0 Å². The van der Waals surface area contributed by atoms with E-state index < -0.39 is 5.97 Å². The van der Waals surface area contributed by atoms with E-state index in [1.165, 1.54) is 52.1 Å². The van der Waals surface area contributed by atoms with Gasteiger partial charge in [0, 0.05) is 11.7 Å². The summed E-state index contributed by atoms with van der Waals surface area (Å²) in [7, 11) is 1.37. The molecule has 0 aromatic heterocycles. The van der Waals surface area contributed by atoms with Gasteiger partial charge in [-0.3, -0.25) is 0 Å². The van der Waals surface area contributed by atoms with Crippen molar-refractivity contribution >= 4 is 23.3 Å². The topological polar surface area (TPSA) is 38.3 Å². The third-order valence-electron chi connectivity index (χ3n) is 3.85. The van der Waals surface area contributed by atoms with Crippen molar-refractivity contribution < 1.29 is 9.53 Å². The van der Waals surface area contributed by atoms with Crippen LogP contribution in [0.5, 0.6) is 0 Å². The second-order valence-electron chi connectivity index (χ2n) is 5.37. The molecule has 3 nitrogen and oxygen atoms in total. The summed E-state index contributed by atoms with van der Waals surface area (Å²) in [6.07, 6.45) is 8.94. The van der Waals surface area contributed by atoms with Gasteiger partial charge in [0.1, 0.15) is 0 Å². The van der Waals surface area contributed by atoms with Crippen molar-refractivity contribution in [3.63, 3.8) is 0 Å². The van der Waals surface area contributed by atoms with Crippen LogP contribution in [0.2, 0.25) is 5.02 Å². The maximum absolute atomic E-state index is 11.6. The Kier molecular flexibility index (Phi) is 5.72. The normalized spacial score (nSPS) is 17.1. The van der Waals surface area contributed by atoms with E-state index in [1.807, 2.05) is 6.07 Å². The van der Waals surface area contributed by atoms with E-state index in [1.54, 1.807) is 12.1 Å². The number of halogens is 1. The number of rotatable bonds is 3. The molecule has 0 heterocycles. The minimum Gasteiger partial charge on any atom is -0.465 e. The number of hydrogen-bond donors (Lipinski definition) is 1. The highest BCUT2D eigenvalue weighted by Gasteiger charge is 2.14. The van der Waals surface area contributed by atoms with E-state index in [2.05, 4.69) is 5.32 Å². The fraction of sp³-hybridized carbons (Fsp3) is 0.562. The lowest BCUT2D eigenvalue weighted by molar-refractivity contribution is 0.0601. The molecule has 0 bridgehead atoms. The molecule has 110 valence electrons. The predicted molar refractivity (Wildman–Crippen MR) is 82.5 cm³/mol. The fourth-order valence-corrected chi connectivity index (χ4v) is 2.91. The second-order valence-corrected chi connectivity index (χ2v) is 5.78. The van der Waals surface area contributed by atoms with Gasteiger partial charge < -0.3 is 10.1 Å². The lowest BCUT2D eigenvalue weighted by Crippen LogP contribution is -2.20. The first-order valence-electron chi connectivity index (χ1n) is 7.35. The third kappa shape index (κ3) is 4.14. The van der Waals surface area contributed by atoms with Crippen LogP contribution < -0.4 is 5.32 Å². The number of benzene rings is 1. The molecule has 0 aliphatic heterocycles. The van der Waals surface area contributed by atoms with Crippen molar-refractivity contribution in [2.24, 2.45) is 0 Å². The number of hydrogen-bond acceptors (Lipinski definition) is 3. The number of ether oxygens (including phenoxy) is 1. The zero-order valence-corrected chi connectivity index (χ0v) is 12.7. The second kappa shape index (κ2) is 7.53. The van der Waals surface area contributed by atoms with Gasteiger partial charge in [-0.05, 0) is 31.0 Å². The molecular formula is C16H22ClNO2. The van der Waals surface area contributed by atoms with Crippen LogP contribution in [0.3, 0.4) is 0 Å². The van der Waals surface area contributed by atoms with E-state index in [4.69, 9.17) is 16.3 Å². The Balaban J connectivity index is 2.06. The summed E-state index contributed by atoms with van der Waals surface area (Å²) < 4.78 is 4.75. The molecule has 1 N–H and O–H groups in total. The lowest BCUT2D eigenvalue weighted by atomic mass is 9.96. The number of methoxy groups -OCH3 is 1. The van der Waals surface area contributed by atoms with Crippen molar-refractivity contribution in [3.05, 3.63) is 28.8 Å². The molecule has 4 heteroatoms. The van der Waals surface area contributed by atoms with Crippen LogP contribution in [0.1, 0.15) is 55.3 Å². The van der Waals surface area contributed by atoms with Gasteiger partial charge in [0.05, 0.1) is 17.7 Å². The molecule has 2 rings (SSSR count). The zero-order valence-electron chi connectivity index (χ0n) is 12.0. The van der Waals surface area contributed by atoms with Gasteiger partial charge in [0.15, 0.2) is 0 Å². The van der Waals surface area contributed by atoms with E-state index in [9.17, 15) is 4.79 Å². The average molecular weight is 296 g/mol. The minimum atomic E-state index is -0.392. The number of nitrogens with one attached hydrogen (secondary N) is 1. The summed E-state index contributed by atoms with van der Waals surface area (Å²) in [6.45, 7) is 0. The first-order valence-corrected chi connectivity index (χ1v) is 7.73. The molecule has 20 heavy (non-hydrogen) atoms. The molecular weight excluding hydrogens is 274 g/mol. The van der Waals surface area contributed by atoms with Crippen molar-refractivity contribution in [1.29, 1.82) is 0 Å². The van der Waals surface area contributed by atoms with E-state index in [0.29, 0.717) is 16.6 Å². The molecule has 0 spiro atoms. The van der Waals surface area contributed by atoms with Gasteiger partial charge >= 0.3 is 5.97 Å². The van der Waals surface area contributed by atoms with Gasteiger partial charge in [-0.1, -0.05) is 43.7 Å². The smallest absolute Gasteiger partial charge is 0.339 e. The number of anilines is 1. The summed E-state index contributed by atoms with van der Waals surface area (Å²) in [4.78, 5) is 11.6. The van der Waals surface area contributed by atoms with Crippen LogP contribution in [-0.2, 0) is 4.74 Å². The molecule has 1 fully saturated rings. The van der Waals surface area contributed by atoms with Crippen LogP contribution in [0, 0.1) is 0 Å². The summed E-state index contributed by atoms with van der Waals surface area (Å²) in [5, 5.41) is 3.96. The SMILES string of the molecule is COC(=O)c1cc(NC2CCCCCCC2)ccc1Cl. The molecule has 0 atom stereocenters. The Hall–Kier alpha value is -1.22. The standard InChI is InChI=1S/C16H22ClNO2/c1-20-16(19)14-11-13(9-10-15(14)17)18-12-7-5-3-2-4-6-8-12/h9-12,18H,2-8H2,1H3. The van der Waals surface area contributed by atoms with Gasteiger partial charge in [0.25, 0.3) is 0 Å². The highest BCUT2D eigenvalue weighted by atomic mass is 35.5. The monoisotopic (exact) mass is 295 g/mol. The maximum Gasteiger partial charge on any atom is 0.339 e. The number of carbonyl (C=O) groups excluding carboxylic acids is 1.